The molecule has 0 spiro atoms. The highest BCUT2D eigenvalue weighted by atomic mass is 32.2. The number of nitrogen functional groups attached to an aromatic ring is 1. The molecular formula is C14H15N5O3S2. The van der Waals surface area contributed by atoms with Gasteiger partial charge in [0.25, 0.3) is 0 Å². The van der Waals surface area contributed by atoms with Gasteiger partial charge in [-0.3, -0.25) is 0 Å². The minimum Gasteiger partial charge on any atom is -0.497 e. The van der Waals surface area contributed by atoms with Crippen LogP contribution in [-0.2, 0) is 9.84 Å². The standard InChI is InChI=1S/C14H15N5O3S2/c1-8-16-12-11(13(15)17-8)18-19(23-3)14(12)24(20,21)10-6-4-9(22-2)5-7-10/h4-7H,1-3H3,(H2,15,16,17). The Labute approximate surface area is 143 Å². The monoisotopic (exact) mass is 365 g/mol. The Kier molecular flexibility index (Phi) is 4.10. The van der Waals surface area contributed by atoms with Gasteiger partial charge in [0.05, 0.1) is 12.0 Å². The fraction of sp³-hybridized carbons (Fsp3) is 0.214. The Hall–Kier alpha value is -2.33. The molecule has 10 heteroatoms. The number of anilines is 1. The lowest BCUT2D eigenvalue weighted by Gasteiger charge is -2.07. The minimum absolute atomic E-state index is 0.0210. The smallest absolute Gasteiger partial charge is 0.226 e. The van der Waals surface area contributed by atoms with E-state index in [1.165, 1.54) is 23.3 Å². The van der Waals surface area contributed by atoms with Crippen molar-refractivity contribution in [1.82, 2.24) is 19.2 Å². The third-order valence-corrected chi connectivity index (χ3v) is 5.88. The Morgan fingerprint density at radius 2 is 1.83 bits per heavy atom. The number of aromatic nitrogens is 4. The zero-order valence-electron chi connectivity index (χ0n) is 13.2. The van der Waals surface area contributed by atoms with Crippen molar-refractivity contribution >= 4 is 38.6 Å². The van der Waals surface area contributed by atoms with E-state index in [1.807, 2.05) is 0 Å². The van der Waals surface area contributed by atoms with Gasteiger partial charge in [0.15, 0.2) is 16.4 Å². The molecule has 3 rings (SSSR count). The summed E-state index contributed by atoms with van der Waals surface area (Å²) in [7, 11) is -2.33. The number of benzene rings is 1. The topological polar surface area (TPSA) is 113 Å². The largest absolute Gasteiger partial charge is 0.497 e. The molecule has 3 aromatic rings. The number of rotatable bonds is 4. The molecule has 0 radical (unpaired) electrons. The first-order valence-corrected chi connectivity index (χ1v) is 9.51. The Morgan fingerprint density at radius 3 is 2.42 bits per heavy atom. The Bertz CT molecular complexity index is 1010. The summed E-state index contributed by atoms with van der Waals surface area (Å²) in [4.78, 5) is 8.40. The Morgan fingerprint density at radius 1 is 1.17 bits per heavy atom. The van der Waals surface area contributed by atoms with E-state index < -0.39 is 9.84 Å². The quantitative estimate of drug-likeness (QED) is 0.743. The second kappa shape index (κ2) is 5.95. The van der Waals surface area contributed by atoms with Crippen molar-refractivity contribution in [1.29, 1.82) is 0 Å². The van der Waals surface area contributed by atoms with Gasteiger partial charge in [-0.2, -0.15) is 9.19 Å². The maximum Gasteiger partial charge on any atom is 0.226 e. The molecule has 0 aliphatic rings. The highest BCUT2D eigenvalue weighted by Crippen LogP contribution is 2.31. The van der Waals surface area contributed by atoms with Crippen LogP contribution in [0.4, 0.5) is 5.82 Å². The van der Waals surface area contributed by atoms with Crippen LogP contribution in [0, 0.1) is 6.92 Å². The van der Waals surface area contributed by atoms with Crippen LogP contribution in [0.25, 0.3) is 11.0 Å². The average Bonchev–Trinajstić information content (AvgIpc) is 2.94. The molecule has 2 heterocycles. The molecule has 0 atom stereocenters. The lowest BCUT2D eigenvalue weighted by atomic mass is 10.3. The predicted molar refractivity (Wildman–Crippen MR) is 91.8 cm³/mol. The second-order valence-electron chi connectivity index (χ2n) is 4.89. The molecule has 0 unspecified atom stereocenters. The number of hydrogen-bond donors (Lipinski definition) is 1. The molecule has 24 heavy (non-hydrogen) atoms. The summed E-state index contributed by atoms with van der Waals surface area (Å²) in [5.74, 6) is 1.10. The first-order chi connectivity index (χ1) is 11.4. The summed E-state index contributed by atoms with van der Waals surface area (Å²) in [6, 6.07) is 6.14. The van der Waals surface area contributed by atoms with E-state index in [9.17, 15) is 8.42 Å². The molecule has 0 bridgehead atoms. The van der Waals surface area contributed by atoms with Crippen LogP contribution < -0.4 is 10.5 Å². The van der Waals surface area contributed by atoms with E-state index in [1.54, 1.807) is 25.3 Å². The highest BCUT2D eigenvalue weighted by molar-refractivity contribution is 7.98. The first-order valence-electron chi connectivity index (χ1n) is 6.85. The molecule has 0 saturated heterocycles. The minimum atomic E-state index is -3.85. The SMILES string of the molecule is COc1ccc(S(=O)(=O)c2c3nc(C)nc(N)c3nn2SC)cc1. The van der Waals surface area contributed by atoms with Crippen LogP contribution in [0.3, 0.4) is 0 Å². The molecule has 0 saturated carbocycles. The van der Waals surface area contributed by atoms with Gasteiger partial charge in [-0.25, -0.2) is 18.4 Å². The maximum atomic E-state index is 13.1. The number of sulfone groups is 1. The van der Waals surface area contributed by atoms with Crippen LogP contribution >= 0.6 is 11.9 Å². The van der Waals surface area contributed by atoms with Gasteiger partial charge in [0, 0.05) is 6.26 Å². The number of nitrogens with two attached hydrogens (primary N) is 1. The summed E-state index contributed by atoms with van der Waals surface area (Å²) < 4.78 is 32.6. The summed E-state index contributed by atoms with van der Waals surface area (Å²) in [5.41, 5.74) is 6.35. The molecular weight excluding hydrogens is 350 g/mol. The molecule has 2 aromatic heterocycles. The van der Waals surface area contributed by atoms with E-state index in [0.717, 1.165) is 11.9 Å². The van der Waals surface area contributed by atoms with Crippen molar-refractivity contribution in [3.63, 3.8) is 0 Å². The average molecular weight is 365 g/mol. The second-order valence-corrected chi connectivity index (χ2v) is 7.47. The van der Waals surface area contributed by atoms with Crippen LogP contribution in [0.15, 0.2) is 34.2 Å². The van der Waals surface area contributed by atoms with Crippen LogP contribution in [0.5, 0.6) is 5.75 Å². The summed E-state index contributed by atoms with van der Waals surface area (Å²) in [6.45, 7) is 1.65. The van der Waals surface area contributed by atoms with Gasteiger partial charge in [-0.05, 0) is 43.1 Å². The van der Waals surface area contributed by atoms with Crippen molar-refractivity contribution in [2.45, 2.75) is 16.8 Å². The number of aryl methyl sites for hydroxylation is 1. The van der Waals surface area contributed by atoms with E-state index in [0.29, 0.717) is 11.6 Å². The number of methoxy groups -OCH3 is 1. The van der Waals surface area contributed by atoms with E-state index in [4.69, 9.17) is 10.5 Å². The van der Waals surface area contributed by atoms with Gasteiger partial charge >= 0.3 is 0 Å². The van der Waals surface area contributed by atoms with Gasteiger partial charge in [-0.15, -0.1) is 0 Å². The summed E-state index contributed by atoms with van der Waals surface area (Å²) in [6.07, 6.45) is 1.72. The lowest BCUT2D eigenvalue weighted by molar-refractivity contribution is 0.414. The van der Waals surface area contributed by atoms with Crippen molar-refractivity contribution in [2.24, 2.45) is 0 Å². The molecule has 0 aliphatic heterocycles. The summed E-state index contributed by atoms with van der Waals surface area (Å²) in [5, 5.41) is 4.20. The maximum absolute atomic E-state index is 13.1. The molecule has 0 fully saturated rings. The van der Waals surface area contributed by atoms with E-state index in [2.05, 4.69) is 15.1 Å². The van der Waals surface area contributed by atoms with Crippen LogP contribution in [0.1, 0.15) is 5.82 Å². The molecule has 126 valence electrons. The number of fused-ring (bicyclic) bond motifs is 1. The van der Waals surface area contributed by atoms with Gasteiger partial charge in [0.1, 0.15) is 17.1 Å². The van der Waals surface area contributed by atoms with Crippen molar-refractivity contribution in [3.8, 4) is 5.75 Å². The predicted octanol–water partition coefficient (Wildman–Crippen LogP) is 1.68. The highest BCUT2D eigenvalue weighted by Gasteiger charge is 2.29. The lowest BCUT2D eigenvalue weighted by Crippen LogP contribution is -2.08. The third kappa shape index (κ3) is 2.57. The molecule has 0 aliphatic carbocycles. The summed E-state index contributed by atoms with van der Waals surface area (Å²) >= 11 is 1.14. The van der Waals surface area contributed by atoms with E-state index in [-0.39, 0.29) is 26.8 Å². The number of hydrogen-bond acceptors (Lipinski definition) is 8. The zero-order chi connectivity index (χ0) is 17.5. The van der Waals surface area contributed by atoms with Crippen LogP contribution in [-0.4, -0.2) is 40.9 Å². The normalized spacial score (nSPS) is 11.8. The zero-order valence-corrected chi connectivity index (χ0v) is 14.8. The molecule has 2 N–H and O–H groups in total. The van der Waals surface area contributed by atoms with Crippen molar-refractivity contribution < 1.29 is 13.2 Å². The number of ether oxygens (including phenoxy) is 1. The van der Waals surface area contributed by atoms with Crippen LogP contribution in [0.2, 0.25) is 0 Å². The van der Waals surface area contributed by atoms with Gasteiger partial charge in [-0.1, -0.05) is 0 Å². The Balaban J connectivity index is 2.30. The fourth-order valence-corrected chi connectivity index (χ4v) is 4.58. The number of nitrogens with zero attached hydrogens (tertiary/aromatic N) is 4. The van der Waals surface area contributed by atoms with Crippen molar-refractivity contribution in [3.05, 3.63) is 30.1 Å². The van der Waals surface area contributed by atoms with E-state index >= 15 is 0 Å². The third-order valence-electron chi connectivity index (χ3n) is 3.39. The fourth-order valence-electron chi connectivity index (χ4n) is 2.28. The van der Waals surface area contributed by atoms with Gasteiger partial charge in [0.2, 0.25) is 9.84 Å². The van der Waals surface area contributed by atoms with Gasteiger partial charge < -0.3 is 10.5 Å². The molecule has 1 aromatic carbocycles. The first kappa shape index (κ1) is 16.5. The van der Waals surface area contributed by atoms with Crippen molar-refractivity contribution in [2.75, 3.05) is 19.1 Å². The molecule has 8 nitrogen and oxygen atoms in total. The molecule has 0 amide bonds.